The van der Waals surface area contributed by atoms with Crippen molar-refractivity contribution in [3.05, 3.63) is 16.1 Å². The second-order valence-corrected chi connectivity index (χ2v) is 5.32. The molecule has 0 aliphatic carbocycles. The quantitative estimate of drug-likeness (QED) is 0.700. The van der Waals surface area contributed by atoms with Crippen LogP contribution in [-0.2, 0) is 6.54 Å². The van der Waals surface area contributed by atoms with Gasteiger partial charge in [-0.2, -0.15) is 0 Å². The molecular weight excluding hydrogens is 206 g/mol. The topological polar surface area (TPSA) is 50.9 Å². The molecule has 0 saturated carbocycles. The van der Waals surface area contributed by atoms with Gasteiger partial charge in [-0.25, -0.2) is 4.98 Å². The highest BCUT2D eigenvalue weighted by atomic mass is 32.1. The van der Waals surface area contributed by atoms with Crippen molar-refractivity contribution in [1.29, 1.82) is 0 Å². The Morgan fingerprint density at radius 1 is 1.60 bits per heavy atom. The second-order valence-electron chi connectivity index (χ2n) is 4.01. The lowest BCUT2D eigenvalue weighted by molar-refractivity contribution is 0.502. The van der Waals surface area contributed by atoms with E-state index in [0.29, 0.717) is 5.92 Å². The van der Waals surface area contributed by atoms with E-state index in [2.05, 4.69) is 17.2 Å². The fourth-order valence-electron chi connectivity index (χ4n) is 1.39. The van der Waals surface area contributed by atoms with Gasteiger partial charge in [0, 0.05) is 17.6 Å². The highest BCUT2D eigenvalue weighted by Crippen LogP contribution is 2.10. The number of nitrogens with zero attached hydrogens (tertiary/aromatic N) is 1. The van der Waals surface area contributed by atoms with E-state index in [4.69, 9.17) is 5.73 Å². The summed E-state index contributed by atoms with van der Waals surface area (Å²) in [6, 6.07) is 0. The number of nitrogens with one attached hydrogen (secondary N) is 1. The van der Waals surface area contributed by atoms with Crippen LogP contribution >= 0.6 is 11.3 Å². The minimum Gasteiger partial charge on any atom is -0.330 e. The second kappa shape index (κ2) is 6.93. The van der Waals surface area contributed by atoms with Gasteiger partial charge in [-0.1, -0.05) is 6.92 Å². The van der Waals surface area contributed by atoms with Crippen LogP contribution in [0.3, 0.4) is 0 Å². The Labute approximate surface area is 96.1 Å². The number of hydrogen-bond acceptors (Lipinski definition) is 4. The Kier molecular flexibility index (Phi) is 5.83. The molecule has 0 amide bonds. The Bertz CT molecular complexity index is 273. The third-order valence-electron chi connectivity index (χ3n) is 2.42. The summed E-state index contributed by atoms with van der Waals surface area (Å²) in [6.07, 6.45) is 4.37. The van der Waals surface area contributed by atoms with Crippen molar-refractivity contribution in [2.75, 3.05) is 13.1 Å². The van der Waals surface area contributed by atoms with Crippen molar-refractivity contribution in [1.82, 2.24) is 10.3 Å². The number of nitrogens with two attached hydrogens (primary N) is 1. The molecule has 3 nitrogen and oxygen atoms in total. The number of rotatable bonds is 7. The summed E-state index contributed by atoms with van der Waals surface area (Å²) >= 11 is 1.76. The van der Waals surface area contributed by atoms with Crippen molar-refractivity contribution in [2.24, 2.45) is 11.7 Å². The average Bonchev–Trinajstić information content (AvgIpc) is 2.63. The molecule has 1 unspecified atom stereocenters. The molecule has 15 heavy (non-hydrogen) atoms. The van der Waals surface area contributed by atoms with Gasteiger partial charge in [0.2, 0.25) is 0 Å². The van der Waals surface area contributed by atoms with Crippen molar-refractivity contribution >= 4 is 11.3 Å². The summed E-state index contributed by atoms with van der Waals surface area (Å²) in [4.78, 5) is 5.54. The summed E-state index contributed by atoms with van der Waals surface area (Å²) in [5.74, 6) is 0.650. The molecule has 0 fully saturated rings. The molecule has 1 rings (SSSR count). The van der Waals surface area contributed by atoms with Gasteiger partial charge in [-0.3, -0.25) is 0 Å². The van der Waals surface area contributed by atoms with Crippen LogP contribution in [0.1, 0.15) is 29.7 Å². The summed E-state index contributed by atoms with van der Waals surface area (Å²) in [5, 5.41) is 4.57. The fourth-order valence-corrected chi connectivity index (χ4v) is 2.16. The van der Waals surface area contributed by atoms with Crippen LogP contribution in [0.15, 0.2) is 6.20 Å². The summed E-state index contributed by atoms with van der Waals surface area (Å²) in [6.45, 7) is 7.06. The molecule has 0 aliphatic rings. The molecule has 0 radical (unpaired) electrons. The molecular formula is C11H21N3S. The zero-order valence-electron chi connectivity index (χ0n) is 9.62. The highest BCUT2D eigenvalue weighted by Gasteiger charge is 1.99. The lowest BCUT2D eigenvalue weighted by atomic mass is 10.1. The standard InChI is InChI=1S/C11H21N3S/c1-9(6-12)4-3-5-13-7-11-8-14-10(2)15-11/h8-9,13H,3-7,12H2,1-2H3. The van der Waals surface area contributed by atoms with Gasteiger partial charge in [0.05, 0.1) is 5.01 Å². The van der Waals surface area contributed by atoms with Gasteiger partial charge in [-0.15, -0.1) is 11.3 Å². The van der Waals surface area contributed by atoms with Crippen molar-refractivity contribution in [3.63, 3.8) is 0 Å². The SMILES string of the molecule is Cc1ncc(CNCCCC(C)CN)s1. The smallest absolute Gasteiger partial charge is 0.0897 e. The van der Waals surface area contributed by atoms with E-state index < -0.39 is 0 Å². The largest absolute Gasteiger partial charge is 0.330 e. The predicted molar refractivity (Wildman–Crippen MR) is 66.0 cm³/mol. The highest BCUT2D eigenvalue weighted by molar-refractivity contribution is 7.11. The van der Waals surface area contributed by atoms with Gasteiger partial charge in [-0.05, 0) is 38.8 Å². The minimum absolute atomic E-state index is 0.650. The Morgan fingerprint density at radius 3 is 3.00 bits per heavy atom. The zero-order valence-corrected chi connectivity index (χ0v) is 10.4. The van der Waals surface area contributed by atoms with E-state index in [9.17, 15) is 0 Å². The van der Waals surface area contributed by atoms with Gasteiger partial charge >= 0.3 is 0 Å². The molecule has 1 heterocycles. The molecule has 1 atom stereocenters. The number of aryl methyl sites for hydroxylation is 1. The Hall–Kier alpha value is -0.450. The summed E-state index contributed by atoms with van der Waals surface area (Å²) in [5.41, 5.74) is 5.55. The first kappa shape index (κ1) is 12.6. The van der Waals surface area contributed by atoms with Gasteiger partial charge < -0.3 is 11.1 Å². The fraction of sp³-hybridized carbons (Fsp3) is 0.727. The lowest BCUT2D eigenvalue weighted by Crippen LogP contribution is -2.17. The van der Waals surface area contributed by atoms with Crippen molar-refractivity contribution in [3.8, 4) is 0 Å². The molecule has 0 saturated heterocycles. The summed E-state index contributed by atoms with van der Waals surface area (Å²) in [7, 11) is 0. The third kappa shape index (κ3) is 5.25. The molecule has 0 bridgehead atoms. The van der Waals surface area contributed by atoms with E-state index in [1.807, 2.05) is 13.1 Å². The van der Waals surface area contributed by atoms with Crippen LogP contribution in [0.25, 0.3) is 0 Å². The summed E-state index contributed by atoms with van der Waals surface area (Å²) < 4.78 is 0. The Balaban J connectivity index is 2.02. The molecule has 1 aromatic heterocycles. The first-order chi connectivity index (χ1) is 7.22. The first-order valence-electron chi connectivity index (χ1n) is 5.54. The molecule has 0 spiro atoms. The van der Waals surface area contributed by atoms with Crippen LogP contribution in [0.2, 0.25) is 0 Å². The lowest BCUT2D eigenvalue weighted by Gasteiger charge is -2.07. The molecule has 0 aliphatic heterocycles. The predicted octanol–water partition coefficient (Wildman–Crippen LogP) is 1.92. The molecule has 0 aromatic carbocycles. The third-order valence-corrected chi connectivity index (χ3v) is 3.33. The molecule has 1 aromatic rings. The Morgan fingerprint density at radius 2 is 2.40 bits per heavy atom. The number of hydrogen-bond donors (Lipinski definition) is 2. The number of aromatic nitrogens is 1. The normalized spacial score (nSPS) is 13.0. The van der Waals surface area contributed by atoms with Crippen LogP contribution in [0.4, 0.5) is 0 Å². The van der Waals surface area contributed by atoms with Crippen LogP contribution in [0.5, 0.6) is 0 Å². The maximum Gasteiger partial charge on any atom is 0.0897 e. The van der Waals surface area contributed by atoms with Gasteiger partial charge in [0.25, 0.3) is 0 Å². The molecule has 4 heteroatoms. The molecule has 3 N–H and O–H groups in total. The van der Waals surface area contributed by atoms with Crippen molar-refractivity contribution < 1.29 is 0 Å². The van der Waals surface area contributed by atoms with E-state index in [1.54, 1.807) is 11.3 Å². The average molecular weight is 227 g/mol. The minimum atomic E-state index is 0.650. The van der Waals surface area contributed by atoms with E-state index >= 15 is 0 Å². The van der Waals surface area contributed by atoms with Gasteiger partial charge in [0.1, 0.15) is 0 Å². The van der Waals surface area contributed by atoms with Crippen LogP contribution in [-0.4, -0.2) is 18.1 Å². The maximum absolute atomic E-state index is 5.55. The zero-order chi connectivity index (χ0) is 11.1. The molecule has 86 valence electrons. The van der Waals surface area contributed by atoms with Gasteiger partial charge in [0.15, 0.2) is 0 Å². The number of thiazole rings is 1. The van der Waals surface area contributed by atoms with E-state index in [1.165, 1.54) is 17.7 Å². The van der Waals surface area contributed by atoms with Crippen LogP contribution < -0.4 is 11.1 Å². The van der Waals surface area contributed by atoms with Crippen molar-refractivity contribution in [2.45, 2.75) is 33.2 Å². The maximum atomic E-state index is 5.55. The first-order valence-corrected chi connectivity index (χ1v) is 6.36. The van der Waals surface area contributed by atoms with E-state index in [-0.39, 0.29) is 0 Å². The monoisotopic (exact) mass is 227 g/mol. The van der Waals surface area contributed by atoms with Crippen LogP contribution in [0, 0.1) is 12.8 Å². The van der Waals surface area contributed by atoms with E-state index in [0.717, 1.165) is 24.6 Å².